The van der Waals surface area contributed by atoms with Crippen molar-refractivity contribution in [1.29, 1.82) is 0 Å². The van der Waals surface area contributed by atoms with E-state index in [0.717, 1.165) is 11.0 Å². The molecule has 0 spiro atoms. The van der Waals surface area contributed by atoms with Gasteiger partial charge in [-0.15, -0.1) is 0 Å². The van der Waals surface area contributed by atoms with Gasteiger partial charge in [-0.2, -0.15) is 8.42 Å². The second-order valence-electron chi connectivity index (χ2n) is 9.56. The number of hydrogen-bond donors (Lipinski definition) is 3. The fourth-order valence-electron chi connectivity index (χ4n) is 4.15. The van der Waals surface area contributed by atoms with Crippen molar-refractivity contribution in [2.45, 2.75) is 58.1 Å². The Hall–Kier alpha value is -3.43. The van der Waals surface area contributed by atoms with Crippen LogP contribution < -0.4 is 13.9 Å². The number of benzene rings is 1. The minimum Gasteiger partial charge on any atom is -0.506 e. The Morgan fingerprint density at radius 2 is 1.97 bits per heavy atom. The number of anilines is 2. The molecule has 3 rings (SSSR count). The van der Waals surface area contributed by atoms with Crippen LogP contribution in [0.25, 0.3) is 0 Å². The maximum Gasteiger partial charge on any atom is 0.412 e. The van der Waals surface area contributed by atoms with E-state index in [4.69, 9.17) is 4.74 Å². The van der Waals surface area contributed by atoms with Gasteiger partial charge in [0.2, 0.25) is 6.43 Å². The van der Waals surface area contributed by atoms with Crippen molar-refractivity contribution in [3.05, 3.63) is 17.4 Å². The highest BCUT2D eigenvalue weighted by atomic mass is 32.2. The number of amides is 3. The van der Waals surface area contributed by atoms with E-state index in [2.05, 4.69) is 0 Å². The van der Waals surface area contributed by atoms with Gasteiger partial charge in [-0.05, 0) is 27.2 Å². The Bertz CT molecular complexity index is 1210. The molecule has 37 heavy (non-hydrogen) atoms. The lowest BCUT2D eigenvalue weighted by Gasteiger charge is -2.31. The number of alkyl halides is 2. The summed E-state index contributed by atoms with van der Waals surface area (Å²) in [5.74, 6) is -3.14. The van der Waals surface area contributed by atoms with Crippen LogP contribution in [0.4, 0.5) is 34.1 Å². The molecule has 1 aromatic rings. The first-order valence-corrected chi connectivity index (χ1v) is 12.6. The molecule has 12 nitrogen and oxygen atoms in total. The molecule has 2 aliphatic rings. The monoisotopic (exact) mass is 552 g/mol. The van der Waals surface area contributed by atoms with Crippen LogP contribution in [-0.4, -0.2) is 79.3 Å². The molecule has 0 aromatic heterocycles. The van der Waals surface area contributed by atoms with Gasteiger partial charge in [0.1, 0.15) is 23.6 Å². The second-order valence-corrected chi connectivity index (χ2v) is 11.2. The van der Waals surface area contributed by atoms with Crippen molar-refractivity contribution in [2.24, 2.45) is 0 Å². The van der Waals surface area contributed by atoms with Crippen molar-refractivity contribution in [1.82, 2.24) is 9.62 Å². The molecule has 3 N–H and O–H groups in total. The number of carbonyl (C=O) groups excluding carboxylic acids is 2. The number of rotatable bonds is 7. The third-order valence-corrected chi connectivity index (χ3v) is 6.95. The van der Waals surface area contributed by atoms with E-state index in [-0.39, 0.29) is 37.2 Å². The molecule has 1 saturated heterocycles. The van der Waals surface area contributed by atoms with Gasteiger partial charge in [0, 0.05) is 37.6 Å². The van der Waals surface area contributed by atoms with Crippen molar-refractivity contribution in [2.75, 3.05) is 28.8 Å². The Labute approximate surface area is 210 Å². The Morgan fingerprint density at radius 3 is 2.49 bits per heavy atom. The average molecular weight is 553 g/mol. The first kappa shape index (κ1) is 28.1. The summed E-state index contributed by atoms with van der Waals surface area (Å²) in [4.78, 5) is 38.2. The fourth-order valence-corrected chi connectivity index (χ4v) is 5.31. The molecule has 0 radical (unpaired) electrons. The molecule has 0 unspecified atom stereocenters. The maximum atomic E-state index is 15.6. The van der Waals surface area contributed by atoms with Crippen molar-refractivity contribution >= 4 is 39.7 Å². The van der Waals surface area contributed by atoms with Crippen molar-refractivity contribution in [3.63, 3.8) is 0 Å². The lowest BCUT2D eigenvalue weighted by Crippen LogP contribution is -2.48. The first-order valence-electron chi connectivity index (χ1n) is 11.2. The van der Waals surface area contributed by atoms with Crippen LogP contribution in [0, 0.1) is 5.82 Å². The predicted molar refractivity (Wildman–Crippen MR) is 124 cm³/mol. The lowest BCUT2D eigenvalue weighted by molar-refractivity contribution is -0.117. The van der Waals surface area contributed by atoms with Crippen LogP contribution in [0.15, 0.2) is 6.07 Å². The highest BCUT2D eigenvalue weighted by Gasteiger charge is 2.43. The van der Waals surface area contributed by atoms with E-state index in [1.165, 1.54) is 0 Å². The first-order chi connectivity index (χ1) is 17.0. The van der Waals surface area contributed by atoms with Crippen LogP contribution in [0.1, 0.15) is 39.2 Å². The molecule has 2 heterocycles. The number of phenols is 1. The summed E-state index contributed by atoms with van der Waals surface area (Å²) >= 11 is 0. The predicted octanol–water partition coefficient (Wildman–Crippen LogP) is 2.40. The molecule has 3 amide bonds. The number of halogens is 3. The highest BCUT2D eigenvalue weighted by Crippen LogP contribution is 2.44. The van der Waals surface area contributed by atoms with Gasteiger partial charge in [0.15, 0.2) is 5.82 Å². The molecule has 0 aliphatic carbocycles. The molecule has 1 fully saturated rings. The highest BCUT2D eigenvalue weighted by molar-refractivity contribution is 7.92. The number of carbonyl (C=O) groups is 3. The van der Waals surface area contributed by atoms with Gasteiger partial charge < -0.3 is 19.8 Å². The van der Waals surface area contributed by atoms with E-state index in [0.29, 0.717) is 9.21 Å². The third kappa shape index (κ3) is 6.11. The summed E-state index contributed by atoms with van der Waals surface area (Å²) in [5.41, 5.74) is -2.33. The van der Waals surface area contributed by atoms with Gasteiger partial charge in [-0.3, -0.25) is 9.69 Å². The van der Waals surface area contributed by atoms with Crippen LogP contribution in [-0.2, 0) is 26.2 Å². The number of hydrogen-bond acceptors (Lipinski definition) is 7. The van der Waals surface area contributed by atoms with Crippen LogP contribution in [0.5, 0.6) is 5.75 Å². The van der Waals surface area contributed by atoms with Crippen LogP contribution in [0.3, 0.4) is 0 Å². The van der Waals surface area contributed by atoms with Gasteiger partial charge in [-0.25, -0.2) is 31.8 Å². The number of nitrogens with zero attached hydrogens (tertiary/aromatic N) is 3. The standard InChI is InChI=1S/C21H27F3N4O8S/c1-21(2,3)36-20(33)26(6-4-5-15(22)23)9-11-7-12-13(28(11)19(31)32)8-14(29)18(17(12)24)27-10-16(30)25-37(27,34)35/h8,11,15,29H,4-7,9-10H2,1-3H3,(H,25,30)(H,31,32)/t11-/m1/s1. The molecule has 16 heteroatoms. The molecule has 206 valence electrons. The Kier molecular flexibility index (Phi) is 7.72. The summed E-state index contributed by atoms with van der Waals surface area (Å²) in [6, 6.07) is -0.264. The number of aromatic hydroxyl groups is 1. The fraction of sp³-hybridized carbons (Fsp3) is 0.571. The van der Waals surface area contributed by atoms with Gasteiger partial charge >= 0.3 is 22.4 Å². The second kappa shape index (κ2) is 10.1. The van der Waals surface area contributed by atoms with E-state index in [1.807, 2.05) is 0 Å². The minimum atomic E-state index is -4.49. The quantitative estimate of drug-likeness (QED) is 0.466. The van der Waals surface area contributed by atoms with Gasteiger partial charge in [0.05, 0.1) is 11.7 Å². The van der Waals surface area contributed by atoms with E-state index >= 15 is 4.39 Å². The zero-order valence-electron chi connectivity index (χ0n) is 20.2. The number of phenolic OH excluding ortho intramolecular Hbond substituents is 1. The summed E-state index contributed by atoms with van der Waals surface area (Å²) in [6.07, 6.45) is -6.04. The van der Waals surface area contributed by atoms with Crippen molar-refractivity contribution < 1.29 is 50.9 Å². The summed E-state index contributed by atoms with van der Waals surface area (Å²) in [6.45, 7) is 3.40. The summed E-state index contributed by atoms with van der Waals surface area (Å²) in [5, 5.41) is 20.3. The van der Waals surface area contributed by atoms with Crippen LogP contribution in [0.2, 0.25) is 0 Å². The number of nitrogens with one attached hydrogen (secondary N) is 1. The Morgan fingerprint density at radius 1 is 1.32 bits per heavy atom. The smallest absolute Gasteiger partial charge is 0.412 e. The molecule has 0 saturated carbocycles. The normalized spacial score (nSPS) is 18.7. The summed E-state index contributed by atoms with van der Waals surface area (Å²) < 4.78 is 72.6. The third-order valence-electron chi connectivity index (χ3n) is 5.57. The van der Waals surface area contributed by atoms with Gasteiger partial charge in [-0.1, -0.05) is 0 Å². The number of fused-ring (bicyclic) bond motifs is 1. The van der Waals surface area contributed by atoms with Gasteiger partial charge in [0.25, 0.3) is 5.91 Å². The SMILES string of the molecule is CC(C)(C)OC(=O)N(CCCC(F)F)C[C@H]1Cc2c(cc(O)c(N3CC(=O)NS3(=O)=O)c2F)N1C(=O)O. The lowest BCUT2D eigenvalue weighted by atomic mass is 10.1. The van der Waals surface area contributed by atoms with E-state index < -0.39 is 76.6 Å². The van der Waals surface area contributed by atoms with Crippen LogP contribution >= 0.6 is 0 Å². The maximum absolute atomic E-state index is 15.6. The number of ether oxygens (including phenoxy) is 1. The largest absolute Gasteiger partial charge is 0.506 e. The molecule has 2 aliphatic heterocycles. The molecular formula is C21H27F3N4O8S. The van der Waals surface area contributed by atoms with Crippen molar-refractivity contribution in [3.8, 4) is 5.75 Å². The molecule has 1 aromatic carbocycles. The molecular weight excluding hydrogens is 525 g/mol. The minimum absolute atomic E-state index is 0.114. The zero-order chi connectivity index (χ0) is 27.9. The average Bonchev–Trinajstić information content (AvgIpc) is 3.21. The topological polar surface area (TPSA) is 157 Å². The van der Waals surface area contributed by atoms with E-state index in [9.17, 15) is 41.8 Å². The van der Waals surface area contributed by atoms with E-state index in [1.54, 1.807) is 25.5 Å². The Balaban J connectivity index is 1.96. The molecule has 1 atom stereocenters. The zero-order valence-corrected chi connectivity index (χ0v) is 21.0. The summed E-state index contributed by atoms with van der Waals surface area (Å²) in [7, 11) is -4.49. The number of carboxylic acid groups (broad SMARTS) is 1. The molecule has 0 bridgehead atoms.